The molecule has 1 saturated heterocycles. The zero-order valence-electron chi connectivity index (χ0n) is 10.8. The Morgan fingerprint density at radius 3 is 2.78 bits per heavy atom. The van der Waals surface area contributed by atoms with E-state index >= 15 is 0 Å². The van der Waals surface area contributed by atoms with E-state index in [4.69, 9.17) is 11.1 Å². The van der Waals surface area contributed by atoms with E-state index in [1.54, 1.807) is 12.4 Å². The van der Waals surface area contributed by atoms with Crippen LogP contribution >= 0.6 is 11.8 Å². The molecule has 0 amide bonds. The smallest absolute Gasteiger partial charge is 0.147 e. The summed E-state index contributed by atoms with van der Waals surface area (Å²) in [6, 6.07) is 0. The molecule has 0 aromatic carbocycles. The monoisotopic (exact) mass is 265 g/mol. The van der Waals surface area contributed by atoms with Crippen LogP contribution in [0.3, 0.4) is 0 Å². The summed E-state index contributed by atoms with van der Waals surface area (Å²) in [5.74, 6) is 1.93. The van der Waals surface area contributed by atoms with Gasteiger partial charge in [0.15, 0.2) is 0 Å². The lowest BCUT2D eigenvalue weighted by Crippen LogP contribution is -2.28. The van der Waals surface area contributed by atoms with Gasteiger partial charge in [-0.1, -0.05) is 13.8 Å². The number of hydrogen-bond donors (Lipinski definition) is 2. The molecule has 1 aliphatic heterocycles. The summed E-state index contributed by atoms with van der Waals surface area (Å²) in [4.78, 5) is 10.8. The van der Waals surface area contributed by atoms with Gasteiger partial charge in [0, 0.05) is 23.6 Å². The number of anilines is 1. The number of thioether (sulfide) groups is 1. The Morgan fingerprint density at radius 1 is 1.39 bits per heavy atom. The van der Waals surface area contributed by atoms with E-state index in [1.165, 1.54) is 0 Å². The molecule has 3 N–H and O–H groups in total. The minimum Gasteiger partial charge on any atom is -0.382 e. The first-order valence-corrected chi connectivity index (χ1v) is 7.02. The molecular formula is C12H19N5S. The van der Waals surface area contributed by atoms with Gasteiger partial charge in [-0.25, -0.2) is 9.97 Å². The van der Waals surface area contributed by atoms with Crippen LogP contribution in [0.1, 0.15) is 26.0 Å². The second-order valence-electron chi connectivity index (χ2n) is 5.02. The second kappa shape index (κ2) is 5.14. The molecule has 18 heavy (non-hydrogen) atoms. The molecule has 0 aliphatic carbocycles. The minimum atomic E-state index is -0.0402. The number of aromatic nitrogens is 2. The Balaban J connectivity index is 2.09. The third-order valence-electron chi connectivity index (χ3n) is 3.08. The van der Waals surface area contributed by atoms with Crippen LogP contribution in [-0.4, -0.2) is 39.4 Å². The highest BCUT2D eigenvalue weighted by molar-refractivity contribution is 8.00. The molecule has 5 nitrogen and oxygen atoms in total. The van der Waals surface area contributed by atoms with Gasteiger partial charge in [0.05, 0.1) is 12.4 Å². The molecule has 0 radical (unpaired) electrons. The Labute approximate surface area is 112 Å². The van der Waals surface area contributed by atoms with E-state index in [0.717, 1.165) is 31.1 Å². The predicted molar refractivity (Wildman–Crippen MR) is 76.4 cm³/mol. The van der Waals surface area contributed by atoms with Crippen LogP contribution in [0, 0.1) is 5.41 Å². The molecule has 6 heteroatoms. The quantitative estimate of drug-likeness (QED) is 0.625. The fraction of sp³-hybridized carbons (Fsp3) is 0.583. The van der Waals surface area contributed by atoms with Crippen LogP contribution in [0.25, 0.3) is 0 Å². The first-order chi connectivity index (χ1) is 8.48. The Kier molecular flexibility index (Phi) is 3.75. The summed E-state index contributed by atoms with van der Waals surface area (Å²) in [6.07, 6.45) is 4.41. The highest BCUT2D eigenvalue weighted by Gasteiger charge is 2.24. The van der Waals surface area contributed by atoms with E-state index in [-0.39, 0.29) is 5.84 Å². The van der Waals surface area contributed by atoms with Crippen molar-refractivity contribution in [2.75, 3.05) is 23.7 Å². The first-order valence-electron chi connectivity index (χ1n) is 6.03. The zero-order chi connectivity index (χ0) is 13.2. The van der Waals surface area contributed by atoms with Gasteiger partial charge in [-0.2, -0.15) is 11.8 Å². The van der Waals surface area contributed by atoms with Crippen molar-refractivity contribution in [3.8, 4) is 0 Å². The predicted octanol–water partition coefficient (Wildman–Crippen LogP) is 1.48. The molecule has 1 aromatic rings. The standard InChI is InChI=1S/C12H19N5S/c1-12(2)3-4-17(5-6-18-12)10-8-15-9(7-16-10)11(13)14/h7-8H,3-6H2,1-2H3,(H3,13,14). The summed E-state index contributed by atoms with van der Waals surface area (Å²) >= 11 is 2.00. The maximum absolute atomic E-state index is 7.30. The van der Waals surface area contributed by atoms with Gasteiger partial charge in [-0.05, 0) is 6.42 Å². The van der Waals surface area contributed by atoms with Crippen LogP contribution in [-0.2, 0) is 0 Å². The molecule has 1 fully saturated rings. The van der Waals surface area contributed by atoms with Gasteiger partial charge in [-0.15, -0.1) is 0 Å². The molecular weight excluding hydrogens is 246 g/mol. The van der Waals surface area contributed by atoms with Crippen LogP contribution < -0.4 is 10.6 Å². The lowest BCUT2D eigenvalue weighted by atomic mass is 10.1. The second-order valence-corrected chi connectivity index (χ2v) is 6.82. The number of rotatable bonds is 2. The highest BCUT2D eigenvalue weighted by Crippen LogP contribution is 2.31. The average Bonchev–Trinajstić information content (AvgIpc) is 2.50. The van der Waals surface area contributed by atoms with Gasteiger partial charge in [-0.3, -0.25) is 5.41 Å². The van der Waals surface area contributed by atoms with Crippen LogP contribution in [0.2, 0.25) is 0 Å². The first kappa shape index (κ1) is 13.1. The van der Waals surface area contributed by atoms with Gasteiger partial charge in [0.25, 0.3) is 0 Å². The van der Waals surface area contributed by atoms with Crippen molar-refractivity contribution >= 4 is 23.4 Å². The van der Waals surface area contributed by atoms with Crippen molar-refractivity contribution in [1.82, 2.24) is 9.97 Å². The Bertz CT molecular complexity index is 429. The topological polar surface area (TPSA) is 78.9 Å². The van der Waals surface area contributed by atoms with Gasteiger partial charge < -0.3 is 10.6 Å². The number of nitrogens with zero attached hydrogens (tertiary/aromatic N) is 3. The molecule has 1 aromatic heterocycles. The van der Waals surface area contributed by atoms with Crippen LogP contribution in [0.15, 0.2) is 12.4 Å². The largest absolute Gasteiger partial charge is 0.382 e. The molecule has 0 saturated carbocycles. The third kappa shape index (κ3) is 3.13. The van der Waals surface area contributed by atoms with Crippen molar-refractivity contribution in [2.45, 2.75) is 25.0 Å². The van der Waals surface area contributed by atoms with Crippen LogP contribution in [0.5, 0.6) is 0 Å². The van der Waals surface area contributed by atoms with E-state index in [9.17, 15) is 0 Å². The summed E-state index contributed by atoms with van der Waals surface area (Å²) < 4.78 is 0.335. The summed E-state index contributed by atoms with van der Waals surface area (Å²) in [7, 11) is 0. The average molecular weight is 265 g/mol. The molecule has 0 spiro atoms. The number of nitrogen functional groups attached to an aromatic ring is 1. The van der Waals surface area contributed by atoms with Crippen molar-refractivity contribution in [2.24, 2.45) is 5.73 Å². The van der Waals surface area contributed by atoms with Crippen molar-refractivity contribution in [3.63, 3.8) is 0 Å². The SMILES string of the molecule is CC1(C)CCN(c2cnc(C(=N)N)cn2)CCS1. The van der Waals surface area contributed by atoms with Gasteiger partial charge in [0.2, 0.25) is 0 Å². The Morgan fingerprint density at radius 2 is 2.17 bits per heavy atom. The van der Waals surface area contributed by atoms with Crippen molar-refractivity contribution in [1.29, 1.82) is 5.41 Å². The number of nitrogens with two attached hydrogens (primary N) is 1. The normalized spacial score (nSPS) is 19.3. The highest BCUT2D eigenvalue weighted by atomic mass is 32.2. The fourth-order valence-corrected chi connectivity index (χ4v) is 2.97. The molecule has 0 atom stereocenters. The van der Waals surface area contributed by atoms with Crippen LogP contribution in [0.4, 0.5) is 5.82 Å². The number of amidine groups is 1. The van der Waals surface area contributed by atoms with Gasteiger partial charge >= 0.3 is 0 Å². The lowest BCUT2D eigenvalue weighted by molar-refractivity contribution is 0.634. The third-order valence-corrected chi connectivity index (χ3v) is 4.45. The maximum atomic E-state index is 7.30. The summed E-state index contributed by atoms with van der Waals surface area (Å²) in [5.41, 5.74) is 5.80. The van der Waals surface area contributed by atoms with Gasteiger partial charge in [0.1, 0.15) is 17.3 Å². The number of hydrogen-bond acceptors (Lipinski definition) is 5. The number of nitrogens with one attached hydrogen (secondary N) is 1. The molecule has 0 bridgehead atoms. The zero-order valence-corrected chi connectivity index (χ0v) is 11.6. The molecule has 2 rings (SSSR count). The minimum absolute atomic E-state index is 0.0402. The van der Waals surface area contributed by atoms with E-state index in [2.05, 4.69) is 28.7 Å². The molecule has 2 heterocycles. The molecule has 1 aliphatic rings. The molecule has 98 valence electrons. The van der Waals surface area contributed by atoms with Crippen molar-refractivity contribution in [3.05, 3.63) is 18.1 Å². The van der Waals surface area contributed by atoms with E-state index in [0.29, 0.717) is 10.4 Å². The fourth-order valence-electron chi connectivity index (χ4n) is 1.87. The Hall–Kier alpha value is -1.30. The van der Waals surface area contributed by atoms with E-state index in [1.807, 2.05) is 11.8 Å². The summed E-state index contributed by atoms with van der Waals surface area (Å²) in [6.45, 7) is 6.55. The van der Waals surface area contributed by atoms with Crippen molar-refractivity contribution < 1.29 is 0 Å². The van der Waals surface area contributed by atoms with E-state index < -0.39 is 0 Å². The molecule has 0 unspecified atom stereocenters. The maximum Gasteiger partial charge on any atom is 0.147 e. The lowest BCUT2D eigenvalue weighted by Gasteiger charge is -2.23. The summed E-state index contributed by atoms with van der Waals surface area (Å²) in [5, 5.41) is 7.30.